The van der Waals surface area contributed by atoms with Crippen LogP contribution >= 0.6 is 0 Å². The second-order valence-electron chi connectivity index (χ2n) is 5.50. The van der Waals surface area contributed by atoms with E-state index in [4.69, 9.17) is 10.5 Å². The van der Waals surface area contributed by atoms with Crippen molar-refractivity contribution >= 4 is 0 Å². The third kappa shape index (κ3) is 3.64. The summed E-state index contributed by atoms with van der Waals surface area (Å²) >= 11 is 0. The van der Waals surface area contributed by atoms with Gasteiger partial charge in [0.1, 0.15) is 0 Å². The lowest BCUT2D eigenvalue weighted by Gasteiger charge is -2.16. The molecule has 0 aliphatic rings. The summed E-state index contributed by atoms with van der Waals surface area (Å²) < 4.78 is 0. The van der Waals surface area contributed by atoms with Crippen LogP contribution in [0.25, 0.3) is 0 Å². The van der Waals surface area contributed by atoms with E-state index in [2.05, 4.69) is 22.4 Å². The van der Waals surface area contributed by atoms with Gasteiger partial charge in [0.05, 0.1) is 35.4 Å². The maximum absolute atomic E-state index is 9.51. The highest BCUT2D eigenvalue weighted by Crippen LogP contribution is 2.28. The quantitative estimate of drug-likeness (QED) is 0.783. The summed E-state index contributed by atoms with van der Waals surface area (Å²) in [7, 11) is 0. The van der Waals surface area contributed by atoms with E-state index in [9.17, 15) is 5.26 Å². The highest BCUT2D eigenvalue weighted by atomic mass is 15.2. The number of azo groups is 1. The van der Waals surface area contributed by atoms with Crippen molar-refractivity contribution in [2.75, 3.05) is 0 Å². The first-order valence-electron chi connectivity index (χ1n) is 7.36. The molecule has 0 saturated heterocycles. The number of hydrogen-bond acceptors (Lipinski definition) is 5. The molecule has 0 aromatic heterocycles. The Kier molecular flexibility index (Phi) is 5.05. The molecule has 2 aromatic carbocycles. The van der Waals surface area contributed by atoms with Gasteiger partial charge in [0, 0.05) is 0 Å². The van der Waals surface area contributed by atoms with Crippen LogP contribution in [-0.4, -0.2) is 0 Å². The average Bonchev–Trinajstić information content (AvgIpc) is 2.66. The van der Waals surface area contributed by atoms with E-state index in [0.717, 1.165) is 5.56 Å². The van der Waals surface area contributed by atoms with Gasteiger partial charge in [-0.3, -0.25) is 0 Å². The largest absolute Gasteiger partial charge is 0.195 e. The lowest BCUT2D eigenvalue weighted by atomic mass is 9.94. The van der Waals surface area contributed by atoms with Crippen LogP contribution in [0.2, 0.25) is 0 Å². The Morgan fingerprint density at radius 3 is 1.83 bits per heavy atom. The van der Waals surface area contributed by atoms with Gasteiger partial charge >= 0.3 is 0 Å². The van der Waals surface area contributed by atoms with Gasteiger partial charge in [-0.2, -0.15) is 26.0 Å². The van der Waals surface area contributed by atoms with Crippen LogP contribution in [0.5, 0.6) is 0 Å². The zero-order chi connectivity index (χ0) is 17.6. The normalized spacial score (nSPS) is 14.1. The summed E-state index contributed by atoms with van der Waals surface area (Å²) in [4.78, 5) is 0. The Bertz CT molecular complexity index is 860. The third-order valence-electron chi connectivity index (χ3n) is 3.75. The van der Waals surface area contributed by atoms with Crippen molar-refractivity contribution < 1.29 is 0 Å². The Morgan fingerprint density at radius 2 is 1.38 bits per heavy atom. The Balaban J connectivity index is 2.24. The summed E-state index contributed by atoms with van der Waals surface area (Å²) in [5.41, 5.74) is 1.59. The van der Waals surface area contributed by atoms with Crippen molar-refractivity contribution in [3.8, 4) is 18.2 Å². The Morgan fingerprint density at radius 1 is 0.875 bits per heavy atom. The van der Waals surface area contributed by atoms with Gasteiger partial charge in [0.15, 0.2) is 5.54 Å². The van der Waals surface area contributed by atoms with Crippen LogP contribution in [0.3, 0.4) is 0 Å². The third-order valence-corrected chi connectivity index (χ3v) is 3.75. The molecule has 5 heteroatoms. The van der Waals surface area contributed by atoms with Crippen molar-refractivity contribution in [1.29, 1.82) is 15.8 Å². The smallest absolute Gasteiger partial charge is 0.189 e. The van der Waals surface area contributed by atoms with E-state index >= 15 is 0 Å². The van der Waals surface area contributed by atoms with Crippen LogP contribution in [0.1, 0.15) is 42.1 Å². The molecule has 2 rings (SSSR count). The summed E-state index contributed by atoms with van der Waals surface area (Å²) in [6, 6.07) is 19.9. The molecule has 0 saturated carbocycles. The summed E-state index contributed by atoms with van der Waals surface area (Å²) in [5, 5.41) is 35.7. The molecule has 2 unspecified atom stereocenters. The minimum absolute atomic E-state index is 0.233. The van der Waals surface area contributed by atoms with Crippen molar-refractivity contribution in [1.82, 2.24) is 0 Å². The summed E-state index contributed by atoms with van der Waals surface area (Å²) in [5.74, 6) is 0. The molecular formula is C19H15N5. The van der Waals surface area contributed by atoms with Gasteiger partial charge in [-0.25, -0.2) is 0 Å². The molecule has 0 radical (unpaired) electrons. The minimum atomic E-state index is -1.12. The fraction of sp³-hybridized carbons (Fsp3) is 0.211. The van der Waals surface area contributed by atoms with E-state index in [-0.39, 0.29) is 6.04 Å². The Hall–Kier alpha value is -3.49. The molecule has 0 heterocycles. The fourth-order valence-electron chi connectivity index (χ4n) is 2.12. The molecule has 0 amide bonds. The van der Waals surface area contributed by atoms with Crippen molar-refractivity contribution in [3.05, 3.63) is 70.8 Å². The molecule has 116 valence electrons. The molecular weight excluding hydrogens is 298 g/mol. The molecule has 0 N–H and O–H groups in total. The van der Waals surface area contributed by atoms with Gasteiger partial charge in [-0.15, -0.1) is 0 Å². The number of nitrogens with zero attached hydrogens (tertiary/aromatic N) is 5. The van der Waals surface area contributed by atoms with Crippen LogP contribution in [0, 0.1) is 34.0 Å². The number of benzene rings is 2. The second kappa shape index (κ2) is 7.18. The van der Waals surface area contributed by atoms with E-state index in [0.29, 0.717) is 16.7 Å². The van der Waals surface area contributed by atoms with Gasteiger partial charge < -0.3 is 0 Å². The highest BCUT2D eigenvalue weighted by molar-refractivity contribution is 5.37. The van der Waals surface area contributed by atoms with Gasteiger partial charge in [0.25, 0.3) is 0 Å². The van der Waals surface area contributed by atoms with Crippen LogP contribution in [-0.2, 0) is 5.54 Å². The molecule has 0 bridgehead atoms. The van der Waals surface area contributed by atoms with Crippen molar-refractivity contribution in [2.45, 2.75) is 25.4 Å². The average molecular weight is 313 g/mol. The number of rotatable bonds is 4. The molecule has 5 nitrogen and oxygen atoms in total. The molecule has 2 aromatic rings. The minimum Gasteiger partial charge on any atom is -0.195 e. The first-order valence-corrected chi connectivity index (χ1v) is 7.36. The van der Waals surface area contributed by atoms with E-state index in [1.54, 1.807) is 43.3 Å². The predicted molar refractivity (Wildman–Crippen MR) is 88.6 cm³/mol. The summed E-state index contributed by atoms with van der Waals surface area (Å²) in [6.07, 6.45) is 0. The van der Waals surface area contributed by atoms with E-state index in [1.807, 2.05) is 25.1 Å². The van der Waals surface area contributed by atoms with Gasteiger partial charge in [-0.1, -0.05) is 24.3 Å². The zero-order valence-corrected chi connectivity index (χ0v) is 13.4. The SMILES string of the molecule is CC(N=NC(C)(C#N)c1ccc(C#N)cc1)c1ccc(C#N)cc1. The highest BCUT2D eigenvalue weighted by Gasteiger charge is 2.26. The van der Waals surface area contributed by atoms with Crippen molar-refractivity contribution in [3.63, 3.8) is 0 Å². The molecule has 0 spiro atoms. The molecule has 0 aliphatic carbocycles. The maximum Gasteiger partial charge on any atom is 0.189 e. The van der Waals surface area contributed by atoms with E-state index < -0.39 is 5.54 Å². The lowest BCUT2D eigenvalue weighted by molar-refractivity contribution is 0.566. The Labute approximate surface area is 141 Å². The lowest BCUT2D eigenvalue weighted by Crippen LogP contribution is -2.16. The predicted octanol–water partition coefficient (Wildman–Crippen LogP) is 4.38. The fourth-order valence-corrected chi connectivity index (χ4v) is 2.12. The standard InChI is InChI=1S/C19H15N5/c1-14(17-7-3-15(11-20)4-8-17)23-24-19(2,13-22)18-9-5-16(12-21)6-10-18/h3-10,14H,1-2H3. The molecule has 24 heavy (non-hydrogen) atoms. The molecule has 0 fully saturated rings. The van der Waals surface area contributed by atoms with Crippen LogP contribution in [0.4, 0.5) is 0 Å². The van der Waals surface area contributed by atoms with Gasteiger partial charge in [0.2, 0.25) is 0 Å². The van der Waals surface area contributed by atoms with Crippen LogP contribution in [0.15, 0.2) is 58.8 Å². The zero-order valence-electron chi connectivity index (χ0n) is 13.4. The van der Waals surface area contributed by atoms with Crippen molar-refractivity contribution in [2.24, 2.45) is 10.2 Å². The van der Waals surface area contributed by atoms with Gasteiger partial charge in [-0.05, 0) is 49.2 Å². The van der Waals surface area contributed by atoms with E-state index in [1.165, 1.54) is 0 Å². The number of nitriles is 3. The topological polar surface area (TPSA) is 96.1 Å². The van der Waals surface area contributed by atoms with Crippen LogP contribution < -0.4 is 0 Å². The molecule has 0 aliphatic heterocycles. The monoisotopic (exact) mass is 313 g/mol. The summed E-state index contributed by atoms with van der Waals surface area (Å²) in [6.45, 7) is 3.56. The molecule has 2 atom stereocenters. The first kappa shape index (κ1) is 16.9. The first-order chi connectivity index (χ1) is 11.5. The second-order valence-corrected chi connectivity index (χ2v) is 5.50. The maximum atomic E-state index is 9.51. The number of hydrogen-bond donors (Lipinski definition) is 0.